The van der Waals surface area contributed by atoms with Crippen LogP contribution < -0.4 is 0 Å². The van der Waals surface area contributed by atoms with Gasteiger partial charge in [-0.1, -0.05) is 60.7 Å². The smallest absolute Gasteiger partial charge is 0.0190 e. The molecule has 0 N–H and O–H groups in total. The van der Waals surface area contributed by atoms with E-state index in [9.17, 15) is 0 Å². The van der Waals surface area contributed by atoms with Crippen LogP contribution in [0.25, 0.3) is 0 Å². The van der Waals surface area contributed by atoms with Crippen LogP contribution in [0.1, 0.15) is 44.5 Å². The van der Waals surface area contributed by atoms with E-state index in [0.717, 1.165) is 48.7 Å². The van der Waals surface area contributed by atoms with E-state index in [4.69, 9.17) is 0 Å². The summed E-state index contributed by atoms with van der Waals surface area (Å²) in [6.45, 7) is 0. The zero-order chi connectivity index (χ0) is 18.8. The minimum atomic E-state index is 1.10. The lowest BCUT2D eigenvalue weighted by Gasteiger charge is -2.17. The summed E-state index contributed by atoms with van der Waals surface area (Å²) in [5.41, 5.74) is 12.1. The quantitative estimate of drug-likeness (QED) is 0.408. The molecule has 0 fully saturated rings. The molecule has 8 bridgehead atoms. The Labute approximate surface area is 177 Å². The molecule has 2 heteroatoms. The summed E-state index contributed by atoms with van der Waals surface area (Å²) >= 11 is 4.11. The van der Waals surface area contributed by atoms with Crippen molar-refractivity contribution in [1.29, 1.82) is 0 Å². The standard InChI is InChI=1S/C26H26S2/c1-2-20-8-10-24-12-11-23-9-7-19(1)13-25(23)17-27-15-21-3-5-22(6-4-21)16-28-18-26(24)14-20/h3-10,13-14H,1-2,11-12,15-18H2. The molecule has 3 aromatic rings. The van der Waals surface area contributed by atoms with Crippen molar-refractivity contribution in [1.82, 2.24) is 0 Å². The Balaban J connectivity index is 1.55. The molecule has 9 rings (SSSR count). The van der Waals surface area contributed by atoms with Gasteiger partial charge in [0.1, 0.15) is 0 Å². The first-order valence-electron chi connectivity index (χ1n) is 10.3. The lowest BCUT2D eigenvalue weighted by molar-refractivity contribution is 0.900. The highest BCUT2D eigenvalue weighted by Gasteiger charge is 2.12. The Morgan fingerprint density at radius 3 is 1.29 bits per heavy atom. The van der Waals surface area contributed by atoms with Crippen molar-refractivity contribution in [2.24, 2.45) is 0 Å². The van der Waals surface area contributed by atoms with Crippen LogP contribution in [0.4, 0.5) is 0 Å². The van der Waals surface area contributed by atoms with Crippen molar-refractivity contribution in [2.45, 2.75) is 48.7 Å². The third kappa shape index (κ3) is 4.18. The Bertz CT molecular complexity index is 892. The van der Waals surface area contributed by atoms with Gasteiger partial charge in [0.15, 0.2) is 0 Å². The lowest BCUT2D eigenvalue weighted by Crippen LogP contribution is -2.04. The van der Waals surface area contributed by atoms with E-state index in [-0.39, 0.29) is 0 Å². The van der Waals surface area contributed by atoms with E-state index in [1.165, 1.54) is 22.3 Å². The number of hydrogen-bond donors (Lipinski definition) is 0. The van der Waals surface area contributed by atoms with Crippen molar-refractivity contribution in [3.05, 3.63) is 105 Å². The van der Waals surface area contributed by atoms with E-state index >= 15 is 0 Å². The average Bonchev–Trinajstić information content (AvgIpc) is 2.71. The molecule has 4 aliphatic carbocycles. The second-order valence-corrected chi connectivity index (χ2v) is 9.98. The number of rotatable bonds is 0. The number of benzene rings is 3. The number of thioether (sulfide) groups is 2. The molecule has 6 aliphatic rings. The topological polar surface area (TPSA) is 0 Å². The lowest BCUT2D eigenvalue weighted by atomic mass is 9.92. The molecular formula is C26H26S2. The monoisotopic (exact) mass is 402 g/mol. The third-order valence-electron chi connectivity index (χ3n) is 5.98. The molecule has 2 heterocycles. The van der Waals surface area contributed by atoms with Crippen LogP contribution in [-0.4, -0.2) is 0 Å². The van der Waals surface area contributed by atoms with Gasteiger partial charge in [0.05, 0.1) is 0 Å². The van der Waals surface area contributed by atoms with Gasteiger partial charge in [0, 0.05) is 23.0 Å². The summed E-state index contributed by atoms with van der Waals surface area (Å²) in [4.78, 5) is 0. The van der Waals surface area contributed by atoms with Gasteiger partial charge < -0.3 is 0 Å². The molecule has 0 nitrogen and oxygen atoms in total. The molecule has 0 unspecified atom stereocenters. The van der Waals surface area contributed by atoms with E-state index in [1.807, 2.05) is 0 Å². The first kappa shape index (κ1) is 18.4. The summed E-state index contributed by atoms with van der Waals surface area (Å²) in [6.07, 6.45) is 4.59. The van der Waals surface area contributed by atoms with E-state index in [1.54, 1.807) is 22.3 Å². The van der Waals surface area contributed by atoms with Gasteiger partial charge in [-0.2, -0.15) is 23.5 Å². The molecule has 0 atom stereocenters. The predicted molar refractivity (Wildman–Crippen MR) is 124 cm³/mol. The van der Waals surface area contributed by atoms with Crippen molar-refractivity contribution in [3.63, 3.8) is 0 Å². The van der Waals surface area contributed by atoms with Crippen molar-refractivity contribution < 1.29 is 0 Å². The van der Waals surface area contributed by atoms with Crippen LogP contribution in [0.5, 0.6) is 0 Å². The Morgan fingerprint density at radius 1 is 0.393 bits per heavy atom. The van der Waals surface area contributed by atoms with Gasteiger partial charge >= 0.3 is 0 Å². The second kappa shape index (κ2) is 8.39. The summed E-state index contributed by atoms with van der Waals surface area (Å²) in [5, 5.41) is 0. The maximum absolute atomic E-state index is 2.49. The molecule has 0 amide bonds. The molecular weight excluding hydrogens is 376 g/mol. The van der Waals surface area contributed by atoms with Gasteiger partial charge in [-0.25, -0.2) is 0 Å². The van der Waals surface area contributed by atoms with Gasteiger partial charge in [-0.15, -0.1) is 0 Å². The highest BCUT2D eigenvalue weighted by Crippen LogP contribution is 2.28. The zero-order valence-electron chi connectivity index (χ0n) is 16.2. The van der Waals surface area contributed by atoms with Gasteiger partial charge in [0.25, 0.3) is 0 Å². The summed E-state index contributed by atoms with van der Waals surface area (Å²) in [7, 11) is 0. The first-order chi connectivity index (χ1) is 13.8. The maximum Gasteiger partial charge on any atom is 0.0190 e. The fourth-order valence-electron chi connectivity index (χ4n) is 4.27. The van der Waals surface area contributed by atoms with Crippen LogP contribution >= 0.6 is 23.5 Å². The van der Waals surface area contributed by atoms with Gasteiger partial charge in [-0.3, -0.25) is 0 Å². The molecule has 3 aromatic carbocycles. The van der Waals surface area contributed by atoms with Crippen LogP contribution in [0.15, 0.2) is 60.7 Å². The highest BCUT2D eigenvalue weighted by molar-refractivity contribution is 7.98. The SMILES string of the molecule is c1cc2c3cc1CCc1ccc(c(c1)CSCc1ccc(cc1)CSC3)CC2. The first-order valence-corrected chi connectivity index (χ1v) is 12.6. The van der Waals surface area contributed by atoms with Crippen molar-refractivity contribution in [3.8, 4) is 0 Å². The second-order valence-electron chi connectivity index (χ2n) is 8.01. The van der Waals surface area contributed by atoms with Crippen LogP contribution in [0, 0.1) is 0 Å². The molecule has 0 spiro atoms. The van der Waals surface area contributed by atoms with Crippen LogP contribution in [0.2, 0.25) is 0 Å². The number of aryl methyl sites for hydroxylation is 4. The van der Waals surface area contributed by atoms with Crippen molar-refractivity contribution in [2.75, 3.05) is 0 Å². The molecule has 0 radical (unpaired) electrons. The molecule has 0 saturated heterocycles. The van der Waals surface area contributed by atoms with Gasteiger partial charge in [-0.05, 0) is 70.2 Å². The van der Waals surface area contributed by atoms with Crippen LogP contribution in [0.3, 0.4) is 0 Å². The van der Waals surface area contributed by atoms with Crippen LogP contribution in [-0.2, 0) is 48.7 Å². The molecule has 28 heavy (non-hydrogen) atoms. The average molecular weight is 403 g/mol. The Kier molecular flexibility index (Phi) is 5.51. The Hall–Kier alpha value is -1.64. The largest absolute Gasteiger partial charge is 0.152 e. The summed E-state index contributed by atoms with van der Waals surface area (Å²) < 4.78 is 0. The van der Waals surface area contributed by atoms with Crippen molar-refractivity contribution >= 4 is 23.5 Å². The third-order valence-corrected chi connectivity index (χ3v) is 8.09. The molecule has 0 aromatic heterocycles. The number of hydrogen-bond acceptors (Lipinski definition) is 2. The normalized spacial score (nSPS) is 16.6. The van der Waals surface area contributed by atoms with Gasteiger partial charge in [0.2, 0.25) is 0 Å². The summed E-state index contributed by atoms with van der Waals surface area (Å²) in [5.74, 6) is 4.43. The van der Waals surface area contributed by atoms with E-state index < -0.39 is 0 Å². The maximum atomic E-state index is 2.49. The highest BCUT2D eigenvalue weighted by atomic mass is 32.2. The molecule has 2 aliphatic heterocycles. The Morgan fingerprint density at radius 2 is 0.821 bits per heavy atom. The minimum absolute atomic E-state index is 1.10. The van der Waals surface area contributed by atoms with E-state index in [0.29, 0.717) is 0 Å². The fraction of sp³-hybridized carbons (Fsp3) is 0.308. The molecule has 142 valence electrons. The number of fused-ring (bicyclic) bond motifs is 6. The molecule has 0 saturated carbocycles. The predicted octanol–water partition coefficient (Wildman–Crippen LogP) is 6.75. The zero-order valence-corrected chi connectivity index (χ0v) is 17.9. The van der Waals surface area contributed by atoms with E-state index in [2.05, 4.69) is 84.2 Å². The minimum Gasteiger partial charge on any atom is -0.152 e. The summed E-state index contributed by atoms with van der Waals surface area (Å²) in [6, 6.07) is 23.8. The fourth-order valence-corrected chi connectivity index (χ4v) is 6.31.